The largest absolute Gasteiger partial charge is 0.379 e. The monoisotopic (exact) mass is 378 g/mol. The van der Waals surface area contributed by atoms with Gasteiger partial charge in [-0.15, -0.1) is 0 Å². The van der Waals surface area contributed by atoms with Crippen molar-refractivity contribution in [3.63, 3.8) is 0 Å². The predicted octanol–water partition coefficient (Wildman–Crippen LogP) is 2.92. The van der Waals surface area contributed by atoms with Gasteiger partial charge < -0.3 is 4.74 Å². The average molecular weight is 379 g/mol. The Balaban J connectivity index is 1.66. The first kappa shape index (κ1) is 19.5. The minimum absolute atomic E-state index is 0.0627. The Bertz CT molecular complexity index is 701. The molecule has 0 radical (unpaired) electrons. The number of benzene rings is 1. The molecule has 1 aliphatic carbocycles. The number of hydrogen-bond acceptors (Lipinski definition) is 4. The van der Waals surface area contributed by atoms with Crippen molar-refractivity contribution in [2.24, 2.45) is 0 Å². The van der Waals surface area contributed by atoms with Crippen LogP contribution >= 0.6 is 0 Å². The van der Waals surface area contributed by atoms with Crippen LogP contribution in [-0.4, -0.2) is 51.7 Å². The Kier molecular flexibility index (Phi) is 6.51. The van der Waals surface area contributed by atoms with Gasteiger partial charge in [-0.3, -0.25) is 4.90 Å². The second-order valence-electron chi connectivity index (χ2n) is 7.46. The number of ether oxygens (including phenoxy) is 1. The standard InChI is InChI=1S/C20H30N2O3S/c1-18-5-7-19(8-6-18)9-16-26(23,24)21-17-20(10-3-2-4-11-20)22-12-14-25-15-13-22/h5-9,16,21H,2-4,10-15,17H2,1H3. The van der Waals surface area contributed by atoms with Gasteiger partial charge in [0.1, 0.15) is 0 Å². The SMILES string of the molecule is Cc1ccc(C=CS(=O)(=O)NCC2(N3CCOCC3)CCCCC2)cc1. The summed E-state index contributed by atoms with van der Waals surface area (Å²) in [6.45, 7) is 5.75. The number of morpholine rings is 1. The molecule has 0 bridgehead atoms. The molecule has 144 valence electrons. The van der Waals surface area contributed by atoms with Crippen molar-refractivity contribution in [3.8, 4) is 0 Å². The van der Waals surface area contributed by atoms with E-state index in [9.17, 15) is 8.42 Å². The topological polar surface area (TPSA) is 58.6 Å². The summed E-state index contributed by atoms with van der Waals surface area (Å²) in [5.41, 5.74) is 1.99. The smallest absolute Gasteiger partial charge is 0.233 e. The fourth-order valence-corrected chi connectivity index (χ4v) is 4.88. The molecule has 1 saturated carbocycles. The quantitative estimate of drug-likeness (QED) is 0.827. The molecular formula is C20H30N2O3S. The first-order chi connectivity index (χ1) is 12.5. The molecule has 0 amide bonds. The van der Waals surface area contributed by atoms with Crippen LogP contribution in [0.2, 0.25) is 0 Å². The maximum atomic E-state index is 12.5. The van der Waals surface area contributed by atoms with Crippen molar-refractivity contribution in [1.82, 2.24) is 9.62 Å². The zero-order chi connectivity index (χ0) is 18.5. The molecule has 0 aromatic heterocycles. The van der Waals surface area contributed by atoms with Crippen molar-refractivity contribution < 1.29 is 13.2 Å². The molecule has 0 spiro atoms. The van der Waals surface area contributed by atoms with Crippen LogP contribution in [0.25, 0.3) is 6.08 Å². The highest BCUT2D eigenvalue weighted by atomic mass is 32.2. The fraction of sp³-hybridized carbons (Fsp3) is 0.600. The fourth-order valence-electron chi connectivity index (χ4n) is 3.98. The van der Waals surface area contributed by atoms with Crippen molar-refractivity contribution >= 4 is 16.1 Å². The van der Waals surface area contributed by atoms with Gasteiger partial charge in [0.05, 0.1) is 13.2 Å². The van der Waals surface area contributed by atoms with E-state index in [1.165, 1.54) is 11.8 Å². The van der Waals surface area contributed by atoms with Crippen LogP contribution in [0.5, 0.6) is 0 Å². The van der Waals surface area contributed by atoms with E-state index in [-0.39, 0.29) is 5.54 Å². The highest BCUT2D eigenvalue weighted by Gasteiger charge is 2.39. The van der Waals surface area contributed by atoms with E-state index in [1.54, 1.807) is 6.08 Å². The second kappa shape index (κ2) is 8.65. The summed E-state index contributed by atoms with van der Waals surface area (Å²) in [6, 6.07) is 7.82. The van der Waals surface area contributed by atoms with E-state index in [1.807, 2.05) is 31.2 Å². The van der Waals surface area contributed by atoms with E-state index in [2.05, 4.69) is 9.62 Å². The van der Waals surface area contributed by atoms with Crippen LogP contribution in [0.15, 0.2) is 29.7 Å². The molecule has 1 aromatic rings. The second-order valence-corrected chi connectivity index (χ2v) is 9.11. The van der Waals surface area contributed by atoms with E-state index in [0.29, 0.717) is 6.54 Å². The summed E-state index contributed by atoms with van der Waals surface area (Å²) in [5, 5.41) is 1.29. The number of nitrogens with one attached hydrogen (secondary N) is 1. The van der Waals surface area contributed by atoms with Crippen LogP contribution in [0, 0.1) is 6.92 Å². The van der Waals surface area contributed by atoms with Crippen LogP contribution in [-0.2, 0) is 14.8 Å². The molecule has 2 fully saturated rings. The van der Waals surface area contributed by atoms with E-state index in [4.69, 9.17) is 4.74 Å². The lowest BCUT2D eigenvalue weighted by Gasteiger charge is -2.48. The third-order valence-electron chi connectivity index (χ3n) is 5.59. The van der Waals surface area contributed by atoms with Crippen molar-refractivity contribution in [3.05, 3.63) is 40.8 Å². The molecule has 0 unspecified atom stereocenters. The number of aryl methyl sites for hydroxylation is 1. The Morgan fingerprint density at radius 1 is 1.12 bits per heavy atom. The van der Waals surface area contributed by atoms with Gasteiger partial charge in [-0.1, -0.05) is 49.1 Å². The predicted molar refractivity (Wildman–Crippen MR) is 105 cm³/mol. The molecule has 0 atom stereocenters. The third-order valence-corrected chi connectivity index (χ3v) is 6.63. The number of sulfonamides is 1. The van der Waals surface area contributed by atoms with Crippen molar-refractivity contribution in [2.75, 3.05) is 32.8 Å². The summed E-state index contributed by atoms with van der Waals surface area (Å²) in [4.78, 5) is 2.45. The first-order valence-electron chi connectivity index (χ1n) is 9.56. The van der Waals surface area contributed by atoms with E-state index < -0.39 is 10.0 Å². The van der Waals surface area contributed by atoms with Crippen molar-refractivity contribution in [1.29, 1.82) is 0 Å². The van der Waals surface area contributed by atoms with Gasteiger partial charge >= 0.3 is 0 Å². The number of rotatable bonds is 6. The molecule has 3 rings (SSSR count). The lowest BCUT2D eigenvalue weighted by molar-refractivity contribution is -0.0348. The number of nitrogens with zero attached hydrogens (tertiary/aromatic N) is 1. The minimum Gasteiger partial charge on any atom is -0.379 e. The van der Waals surface area contributed by atoms with Gasteiger partial charge in [0, 0.05) is 30.6 Å². The van der Waals surface area contributed by atoms with E-state index in [0.717, 1.165) is 63.1 Å². The molecule has 2 aliphatic rings. The van der Waals surface area contributed by atoms with Gasteiger partial charge in [0.2, 0.25) is 10.0 Å². The summed E-state index contributed by atoms with van der Waals surface area (Å²) in [6.07, 6.45) is 7.33. The van der Waals surface area contributed by atoms with E-state index >= 15 is 0 Å². The first-order valence-corrected chi connectivity index (χ1v) is 11.1. The van der Waals surface area contributed by atoms with Gasteiger partial charge in [0.25, 0.3) is 0 Å². The molecule has 1 N–H and O–H groups in total. The molecule has 1 saturated heterocycles. The molecule has 5 nitrogen and oxygen atoms in total. The lowest BCUT2D eigenvalue weighted by Crippen LogP contribution is -2.59. The maximum Gasteiger partial charge on any atom is 0.233 e. The summed E-state index contributed by atoms with van der Waals surface area (Å²) in [7, 11) is -3.45. The Labute approximate surface area is 157 Å². The average Bonchev–Trinajstić information content (AvgIpc) is 2.68. The van der Waals surface area contributed by atoms with Gasteiger partial charge in [-0.2, -0.15) is 0 Å². The Morgan fingerprint density at radius 2 is 1.77 bits per heavy atom. The van der Waals surface area contributed by atoms with Crippen LogP contribution in [0.1, 0.15) is 43.2 Å². The van der Waals surface area contributed by atoms with Crippen molar-refractivity contribution in [2.45, 2.75) is 44.6 Å². The van der Waals surface area contributed by atoms with Gasteiger partial charge in [-0.25, -0.2) is 13.1 Å². The molecule has 1 heterocycles. The van der Waals surface area contributed by atoms with Gasteiger partial charge in [-0.05, 0) is 31.4 Å². The van der Waals surface area contributed by atoms with Crippen LogP contribution in [0.4, 0.5) is 0 Å². The minimum atomic E-state index is -3.45. The highest BCUT2D eigenvalue weighted by molar-refractivity contribution is 7.92. The summed E-state index contributed by atoms with van der Waals surface area (Å²) < 4.78 is 33.3. The zero-order valence-electron chi connectivity index (χ0n) is 15.6. The summed E-state index contributed by atoms with van der Waals surface area (Å²) in [5.74, 6) is 0. The van der Waals surface area contributed by atoms with Gasteiger partial charge in [0.15, 0.2) is 0 Å². The zero-order valence-corrected chi connectivity index (χ0v) is 16.4. The van der Waals surface area contributed by atoms with Crippen LogP contribution in [0.3, 0.4) is 0 Å². The number of hydrogen-bond donors (Lipinski definition) is 1. The molecule has 1 aliphatic heterocycles. The molecule has 1 aromatic carbocycles. The highest BCUT2D eigenvalue weighted by Crippen LogP contribution is 2.34. The third kappa shape index (κ3) is 5.16. The van der Waals surface area contributed by atoms with Crippen LogP contribution < -0.4 is 4.72 Å². The normalized spacial score (nSPS) is 21.9. The molecular weight excluding hydrogens is 348 g/mol. The molecule has 26 heavy (non-hydrogen) atoms. The Hall–Kier alpha value is -1.21. The lowest BCUT2D eigenvalue weighted by atomic mass is 9.80. The maximum absolute atomic E-state index is 12.5. The summed E-state index contributed by atoms with van der Waals surface area (Å²) >= 11 is 0. The molecule has 6 heteroatoms. The Morgan fingerprint density at radius 3 is 2.42 bits per heavy atom.